The molecule has 0 amide bonds. The summed E-state index contributed by atoms with van der Waals surface area (Å²) >= 11 is 0. The minimum atomic E-state index is 0.190. The first kappa shape index (κ1) is 12.8. The van der Waals surface area contributed by atoms with Crippen molar-refractivity contribution in [3.05, 3.63) is 23.8 Å². The van der Waals surface area contributed by atoms with Gasteiger partial charge in [-0.25, -0.2) is 0 Å². The maximum Gasteiger partial charge on any atom is 0.161 e. The lowest BCUT2D eigenvalue weighted by atomic mass is 9.96. The van der Waals surface area contributed by atoms with Gasteiger partial charge in [0, 0.05) is 12.1 Å². The average Bonchev–Trinajstić information content (AvgIpc) is 2.59. The Morgan fingerprint density at radius 2 is 1.95 bits per heavy atom. The first-order valence-corrected chi connectivity index (χ1v) is 7.11. The van der Waals surface area contributed by atoms with Gasteiger partial charge in [0.1, 0.15) is 13.2 Å². The number of nitrogens with two attached hydrogens (primary N) is 1. The molecule has 2 aliphatic rings. The molecule has 2 N–H and O–H groups in total. The fourth-order valence-corrected chi connectivity index (χ4v) is 3.11. The third-order valence-corrected chi connectivity index (χ3v) is 4.09. The van der Waals surface area contributed by atoms with Crippen molar-refractivity contribution in [2.75, 3.05) is 26.8 Å². The first-order chi connectivity index (χ1) is 9.25. The number of likely N-dealkylation sites (tertiary alicyclic amines) is 1. The van der Waals surface area contributed by atoms with Crippen molar-refractivity contribution >= 4 is 0 Å². The van der Waals surface area contributed by atoms with Crippen molar-refractivity contribution in [1.82, 2.24) is 4.90 Å². The van der Waals surface area contributed by atoms with Gasteiger partial charge in [0.25, 0.3) is 0 Å². The van der Waals surface area contributed by atoms with Crippen molar-refractivity contribution in [2.45, 2.75) is 31.3 Å². The van der Waals surface area contributed by atoms with Gasteiger partial charge in [0.15, 0.2) is 11.5 Å². The lowest BCUT2D eigenvalue weighted by Crippen LogP contribution is -2.37. The van der Waals surface area contributed by atoms with Gasteiger partial charge in [0.2, 0.25) is 0 Å². The number of hydrogen-bond donors (Lipinski definition) is 1. The minimum Gasteiger partial charge on any atom is -0.486 e. The lowest BCUT2D eigenvalue weighted by molar-refractivity contribution is 0.170. The fourth-order valence-electron chi connectivity index (χ4n) is 3.11. The molecule has 4 heteroatoms. The molecule has 19 heavy (non-hydrogen) atoms. The Morgan fingerprint density at radius 1 is 1.16 bits per heavy atom. The van der Waals surface area contributed by atoms with E-state index in [0.29, 0.717) is 13.2 Å². The van der Waals surface area contributed by atoms with Crippen LogP contribution in [0.1, 0.15) is 30.9 Å². The van der Waals surface area contributed by atoms with Crippen LogP contribution in [0, 0.1) is 0 Å². The number of ether oxygens (including phenoxy) is 2. The molecule has 0 radical (unpaired) electrons. The summed E-state index contributed by atoms with van der Waals surface area (Å²) in [4.78, 5) is 2.36. The maximum atomic E-state index is 6.36. The van der Waals surface area contributed by atoms with Crippen LogP contribution in [-0.2, 0) is 0 Å². The first-order valence-electron chi connectivity index (χ1n) is 7.11. The van der Waals surface area contributed by atoms with Crippen LogP contribution in [0.15, 0.2) is 18.2 Å². The molecule has 1 aromatic carbocycles. The molecule has 0 aromatic heterocycles. The quantitative estimate of drug-likeness (QED) is 0.840. The van der Waals surface area contributed by atoms with E-state index >= 15 is 0 Å². The molecule has 0 saturated carbocycles. The highest BCUT2D eigenvalue weighted by Crippen LogP contribution is 2.36. The molecule has 0 spiro atoms. The van der Waals surface area contributed by atoms with Crippen LogP contribution in [0.2, 0.25) is 0 Å². The van der Waals surface area contributed by atoms with E-state index < -0.39 is 0 Å². The van der Waals surface area contributed by atoms with E-state index in [2.05, 4.69) is 24.1 Å². The minimum absolute atomic E-state index is 0.190. The summed E-state index contributed by atoms with van der Waals surface area (Å²) in [6, 6.07) is 6.70. The van der Waals surface area contributed by atoms with Crippen molar-refractivity contribution < 1.29 is 9.47 Å². The summed E-state index contributed by atoms with van der Waals surface area (Å²) in [5.74, 6) is 1.70. The third-order valence-electron chi connectivity index (χ3n) is 4.09. The second kappa shape index (κ2) is 5.39. The van der Waals surface area contributed by atoms with Gasteiger partial charge in [0.05, 0.1) is 0 Å². The van der Waals surface area contributed by atoms with Gasteiger partial charge in [-0.15, -0.1) is 0 Å². The number of hydrogen-bond acceptors (Lipinski definition) is 4. The molecule has 1 fully saturated rings. The molecule has 104 valence electrons. The topological polar surface area (TPSA) is 47.7 Å². The predicted molar refractivity (Wildman–Crippen MR) is 74.6 cm³/mol. The Labute approximate surface area is 114 Å². The van der Waals surface area contributed by atoms with Gasteiger partial charge in [-0.1, -0.05) is 12.5 Å². The Balaban J connectivity index is 1.91. The van der Waals surface area contributed by atoms with E-state index in [1.807, 2.05) is 6.07 Å². The fraction of sp³-hybridized carbons (Fsp3) is 0.600. The van der Waals surface area contributed by atoms with Crippen LogP contribution in [0.3, 0.4) is 0 Å². The van der Waals surface area contributed by atoms with E-state index in [-0.39, 0.29) is 12.1 Å². The average molecular weight is 262 g/mol. The van der Waals surface area contributed by atoms with Gasteiger partial charge in [-0.2, -0.15) is 0 Å². The zero-order valence-electron chi connectivity index (χ0n) is 11.5. The van der Waals surface area contributed by atoms with Gasteiger partial charge in [-0.05, 0) is 44.1 Å². The summed E-state index contributed by atoms with van der Waals surface area (Å²) in [5.41, 5.74) is 7.60. The van der Waals surface area contributed by atoms with Gasteiger partial charge >= 0.3 is 0 Å². The van der Waals surface area contributed by atoms with Crippen LogP contribution in [0.25, 0.3) is 0 Å². The van der Waals surface area contributed by atoms with E-state index in [0.717, 1.165) is 24.5 Å². The van der Waals surface area contributed by atoms with Crippen LogP contribution in [-0.4, -0.2) is 37.7 Å². The molecule has 0 bridgehead atoms. The molecular weight excluding hydrogens is 240 g/mol. The second-order valence-corrected chi connectivity index (χ2v) is 5.49. The molecule has 3 rings (SSSR count). The molecule has 2 atom stereocenters. The summed E-state index contributed by atoms with van der Waals surface area (Å²) < 4.78 is 11.2. The Kier molecular flexibility index (Phi) is 3.62. The highest BCUT2D eigenvalue weighted by Gasteiger charge is 2.27. The van der Waals surface area contributed by atoms with Crippen LogP contribution in [0.5, 0.6) is 11.5 Å². The molecule has 0 aliphatic carbocycles. The third kappa shape index (κ3) is 2.55. The lowest BCUT2D eigenvalue weighted by Gasteiger charge is -2.31. The van der Waals surface area contributed by atoms with E-state index in [1.165, 1.54) is 18.4 Å². The standard InChI is InChI=1S/C15H22N2O2/c1-17-7-3-2-4-12(16)15(17)11-5-6-13-14(10-11)19-9-8-18-13/h5-6,10,12,15H,2-4,7-9,16H2,1H3. The van der Waals surface area contributed by atoms with Crippen molar-refractivity contribution in [3.8, 4) is 11.5 Å². The van der Waals surface area contributed by atoms with Crippen molar-refractivity contribution in [3.63, 3.8) is 0 Å². The monoisotopic (exact) mass is 262 g/mol. The Bertz CT molecular complexity index is 438. The molecule has 2 aliphatic heterocycles. The smallest absolute Gasteiger partial charge is 0.161 e. The van der Waals surface area contributed by atoms with Gasteiger partial charge < -0.3 is 15.2 Å². The van der Waals surface area contributed by atoms with Crippen molar-refractivity contribution in [1.29, 1.82) is 0 Å². The van der Waals surface area contributed by atoms with Crippen molar-refractivity contribution in [2.24, 2.45) is 5.73 Å². The van der Waals surface area contributed by atoms with Crippen LogP contribution in [0.4, 0.5) is 0 Å². The van der Waals surface area contributed by atoms with Gasteiger partial charge in [-0.3, -0.25) is 4.90 Å². The number of fused-ring (bicyclic) bond motifs is 1. The SMILES string of the molecule is CN1CCCCC(N)C1c1ccc2c(c1)OCCO2. The normalized spacial score (nSPS) is 27.9. The summed E-state index contributed by atoms with van der Waals surface area (Å²) in [7, 11) is 2.16. The van der Waals surface area contributed by atoms with E-state index in [9.17, 15) is 0 Å². The van der Waals surface area contributed by atoms with E-state index in [1.54, 1.807) is 0 Å². The second-order valence-electron chi connectivity index (χ2n) is 5.49. The van der Waals surface area contributed by atoms with E-state index in [4.69, 9.17) is 15.2 Å². The number of benzene rings is 1. The number of rotatable bonds is 1. The molecule has 4 nitrogen and oxygen atoms in total. The molecule has 1 aromatic rings. The molecule has 2 heterocycles. The highest BCUT2D eigenvalue weighted by molar-refractivity contribution is 5.45. The zero-order chi connectivity index (χ0) is 13.2. The predicted octanol–water partition coefficient (Wildman–Crippen LogP) is 1.94. The molecular formula is C15H22N2O2. The zero-order valence-corrected chi connectivity index (χ0v) is 11.5. The maximum absolute atomic E-state index is 6.36. The number of nitrogens with zero attached hydrogens (tertiary/aromatic N) is 1. The van der Waals surface area contributed by atoms with Crippen LogP contribution >= 0.6 is 0 Å². The molecule has 2 unspecified atom stereocenters. The Morgan fingerprint density at radius 3 is 2.79 bits per heavy atom. The largest absolute Gasteiger partial charge is 0.486 e. The summed E-state index contributed by atoms with van der Waals surface area (Å²) in [5, 5.41) is 0. The molecule has 1 saturated heterocycles. The number of likely N-dealkylation sites (N-methyl/N-ethyl adjacent to an activating group) is 1. The summed E-state index contributed by atoms with van der Waals surface area (Å²) in [6.07, 6.45) is 3.53. The highest BCUT2D eigenvalue weighted by atomic mass is 16.6. The van der Waals surface area contributed by atoms with Crippen LogP contribution < -0.4 is 15.2 Å². The Hall–Kier alpha value is -1.26. The summed E-state index contributed by atoms with van der Waals surface area (Å²) in [6.45, 7) is 2.37.